The molecule has 7 nitrogen and oxygen atoms in total. The van der Waals surface area contributed by atoms with Crippen LogP contribution < -0.4 is 5.32 Å². The van der Waals surface area contributed by atoms with Crippen LogP contribution in [0.25, 0.3) is 11.5 Å². The first-order chi connectivity index (χ1) is 13.0. The SMILES string of the molecule is CC[C@H](C)n1nccc1NC(=O)[C@H](C)Sc1nnc(-c2ccc(Cl)cc2)o1. The molecule has 3 aromatic rings. The van der Waals surface area contributed by atoms with Crippen LogP contribution in [0.15, 0.2) is 46.2 Å². The summed E-state index contributed by atoms with van der Waals surface area (Å²) < 4.78 is 7.45. The quantitative estimate of drug-likeness (QED) is 0.574. The summed E-state index contributed by atoms with van der Waals surface area (Å²) in [6, 6.07) is 9.10. The van der Waals surface area contributed by atoms with E-state index >= 15 is 0 Å². The van der Waals surface area contributed by atoms with Gasteiger partial charge < -0.3 is 9.73 Å². The van der Waals surface area contributed by atoms with Crippen molar-refractivity contribution < 1.29 is 9.21 Å². The number of hydrogen-bond donors (Lipinski definition) is 1. The molecule has 27 heavy (non-hydrogen) atoms. The Bertz CT molecular complexity index is 909. The highest BCUT2D eigenvalue weighted by Gasteiger charge is 2.20. The zero-order valence-electron chi connectivity index (χ0n) is 15.2. The summed E-state index contributed by atoms with van der Waals surface area (Å²) in [6.07, 6.45) is 2.60. The molecule has 1 N–H and O–H groups in total. The number of halogens is 1. The molecule has 0 aliphatic heterocycles. The van der Waals surface area contributed by atoms with Crippen molar-refractivity contribution in [3.63, 3.8) is 0 Å². The largest absolute Gasteiger partial charge is 0.411 e. The highest BCUT2D eigenvalue weighted by Crippen LogP contribution is 2.27. The zero-order valence-corrected chi connectivity index (χ0v) is 16.8. The molecule has 2 aromatic heterocycles. The van der Waals surface area contributed by atoms with Gasteiger partial charge in [-0.15, -0.1) is 10.2 Å². The molecule has 0 fully saturated rings. The first-order valence-corrected chi connectivity index (χ1v) is 9.84. The number of aromatic nitrogens is 4. The maximum atomic E-state index is 12.5. The normalized spacial score (nSPS) is 13.3. The molecule has 2 atom stereocenters. The minimum atomic E-state index is -0.413. The zero-order chi connectivity index (χ0) is 19.4. The van der Waals surface area contributed by atoms with Crippen molar-refractivity contribution in [3.05, 3.63) is 41.6 Å². The van der Waals surface area contributed by atoms with E-state index in [2.05, 4.69) is 34.5 Å². The Morgan fingerprint density at radius 1 is 1.26 bits per heavy atom. The summed E-state index contributed by atoms with van der Waals surface area (Å²) >= 11 is 7.09. The lowest BCUT2D eigenvalue weighted by Gasteiger charge is -2.15. The molecule has 3 rings (SSSR count). The van der Waals surface area contributed by atoms with Crippen LogP contribution in [-0.2, 0) is 4.79 Å². The first kappa shape index (κ1) is 19.4. The van der Waals surface area contributed by atoms with Gasteiger partial charge in [-0.05, 0) is 44.5 Å². The molecule has 0 aliphatic rings. The third kappa shape index (κ3) is 4.70. The molecule has 1 amide bonds. The van der Waals surface area contributed by atoms with Crippen LogP contribution in [0.1, 0.15) is 33.2 Å². The number of rotatable bonds is 7. The van der Waals surface area contributed by atoms with Crippen LogP contribution in [-0.4, -0.2) is 31.1 Å². The van der Waals surface area contributed by atoms with Crippen LogP contribution >= 0.6 is 23.4 Å². The van der Waals surface area contributed by atoms with Gasteiger partial charge >= 0.3 is 0 Å². The van der Waals surface area contributed by atoms with E-state index in [-0.39, 0.29) is 11.9 Å². The lowest BCUT2D eigenvalue weighted by atomic mass is 10.2. The summed E-state index contributed by atoms with van der Waals surface area (Å²) in [5, 5.41) is 15.8. The van der Waals surface area contributed by atoms with Gasteiger partial charge in [0.25, 0.3) is 5.22 Å². The number of hydrogen-bond acceptors (Lipinski definition) is 6. The minimum Gasteiger partial charge on any atom is -0.411 e. The van der Waals surface area contributed by atoms with Crippen molar-refractivity contribution in [2.45, 2.75) is 43.7 Å². The Labute approximate surface area is 166 Å². The van der Waals surface area contributed by atoms with Gasteiger partial charge in [-0.3, -0.25) is 4.79 Å². The van der Waals surface area contributed by atoms with Gasteiger partial charge in [0.05, 0.1) is 17.5 Å². The van der Waals surface area contributed by atoms with Crippen molar-refractivity contribution in [1.29, 1.82) is 0 Å². The summed E-state index contributed by atoms with van der Waals surface area (Å²) in [5.41, 5.74) is 0.772. The molecule has 0 aliphatic carbocycles. The molecule has 9 heteroatoms. The van der Waals surface area contributed by atoms with Crippen molar-refractivity contribution in [3.8, 4) is 11.5 Å². The minimum absolute atomic E-state index is 0.156. The average molecular weight is 406 g/mol. The lowest BCUT2D eigenvalue weighted by molar-refractivity contribution is -0.115. The van der Waals surface area contributed by atoms with E-state index in [1.807, 2.05) is 0 Å². The smallest absolute Gasteiger partial charge is 0.277 e. The molecule has 0 unspecified atom stereocenters. The molecule has 0 spiro atoms. The van der Waals surface area contributed by atoms with E-state index in [1.165, 1.54) is 11.8 Å². The molecular weight excluding hydrogens is 386 g/mol. The van der Waals surface area contributed by atoms with Gasteiger partial charge in [-0.25, -0.2) is 4.68 Å². The topological polar surface area (TPSA) is 85.8 Å². The first-order valence-electron chi connectivity index (χ1n) is 8.58. The van der Waals surface area contributed by atoms with Gasteiger partial charge in [0.2, 0.25) is 11.8 Å². The molecule has 142 valence electrons. The molecule has 0 bridgehead atoms. The van der Waals surface area contributed by atoms with Crippen molar-refractivity contribution >= 4 is 35.1 Å². The van der Waals surface area contributed by atoms with E-state index in [1.54, 1.807) is 48.1 Å². The van der Waals surface area contributed by atoms with Crippen LogP contribution in [0.3, 0.4) is 0 Å². The number of carbonyl (C=O) groups excluding carboxylic acids is 1. The fourth-order valence-electron chi connectivity index (χ4n) is 2.34. The van der Waals surface area contributed by atoms with E-state index in [9.17, 15) is 4.79 Å². The predicted molar refractivity (Wildman–Crippen MR) is 106 cm³/mol. The van der Waals surface area contributed by atoms with Gasteiger partial charge in [-0.1, -0.05) is 30.3 Å². The summed E-state index contributed by atoms with van der Waals surface area (Å²) in [4.78, 5) is 12.5. The maximum absolute atomic E-state index is 12.5. The van der Waals surface area contributed by atoms with Crippen LogP contribution in [0, 0.1) is 0 Å². The molecular formula is C18H20ClN5O2S. The number of thioether (sulfide) groups is 1. The number of anilines is 1. The number of carbonyl (C=O) groups is 1. The second-order valence-corrected chi connectivity index (χ2v) is 7.78. The van der Waals surface area contributed by atoms with E-state index < -0.39 is 5.25 Å². The van der Waals surface area contributed by atoms with E-state index in [0.29, 0.717) is 22.0 Å². The number of nitrogens with zero attached hydrogens (tertiary/aromatic N) is 4. The highest BCUT2D eigenvalue weighted by atomic mass is 35.5. The summed E-state index contributed by atoms with van der Waals surface area (Å²) in [6.45, 7) is 5.91. The van der Waals surface area contributed by atoms with Gasteiger partial charge in [-0.2, -0.15) is 5.10 Å². The fraction of sp³-hybridized carbons (Fsp3) is 0.333. The molecule has 0 saturated heterocycles. The lowest BCUT2D eigenvalue weighted by Crippen LogP contribution is -2.24. The number of amides is 1. The Kier molecular flexibility index (Phi) is 6.18. The van der Waals surface area contributed by atoms with E-state index in [0.717, 1.165) is 12.0 Å². The molecule has 0 saturated carbocycles. The van der Waals surface area contributed by atoms with Crippen molar-refractivity contribution in [2.24, 2.45) is 0 Å². The maximum Gasteiger partial charge on any atom is 0.277 e. The highest BCUT2D eigenvalue weighted by molar-refractivity contribution is 8.00. The molecule has 0 radical (unpaired) electrons. The Hall–Kier alpha value is -2.32. The standard InChI is InChI=1S/C18H20ClN5O2S/c1-4-11(2)24-15(9-10-20-24)21-16(25)12(3)27-18-23-22-17(26-18)13-5-7-14(19)8-6-13/h5-12H,4H2,1-3H3,(H,21,25)/t11-,12-/m0/s1. The Balaban J connectivity index is 1.64. The van der Waals surface area contributed by atoms with Crippen molar-refractivity contribution in [1.82, 2.24) is 20.0 Å². The molecule has 1 aromatic carbocycles. The van der Waals surface area contributed by atoms with Gasteiger partial charge in [0, 0.05) is 16.7 Å². The van der Waals surface area contributed by atoms with Crippen molar-refractivity contribution in [2.75, 3.05) is 5.32 Å². The Morgan fingerprint density at radius 2 is 2.00 bits per heavy atom. The third-order valence-corrected chi connectivity index (χ3v) is 5.26. The fourth-order valence-corrected chi connectivity index (χ4v) is 3.15. The Morgan fingerprint density at radius 3 is 2.70 bits per heavy atom. The van der Waals surface area contributed by atoms with E-state index in [4.69, 9.17) is 16.0 Å². The van der Waals surface area contributed by atoms with Crippen LogP contribution in [0.4, 0.5) is 5.82 Å². The van der Waals surface area contributed by atoms with Gasteiger partial charge in [0.1, 0.15) is 5.82 Å². The third-order valence-electron chi connectivity index (χ3n) is 4.07. The second kappa shape index (κ2) is 8.58. The second-order valence-electron chi connectivity index (χ2n) is 6.05. The monoisotopic (exact) mass is 405 g/mol. The molecule has 2 heterocycles. The average Bonchev–Trinajstić information content (AvgIpc) is 3.31. The predicted octanol–water partition coefficient (Wildman–Crippen LogP) is 4.68. The van der Waals surface area contributed by atoms with Gasteiger partial charge in [0.15, 0.2) is 0 Å². The summed E-state index contributed by atoms with van der Waals surface area (Å²) in [7, 11) is 0. The number of nitrogens with one attached hydrogen (secondary N) is 1. The number of benzene rings is 1. The summed E-state index contributed by atoms with van der Waals surface area (Å²) in [5.74, 6) is 0.905. The van der Waals surface area contributed by atoms with Crippen LogP contribution in [0.2, 0.25) is 5.02 Å². The van der Waals surface area contributed by atoms with Crippen LogP contribution in [0.5, 0.6) is 0 Å².